The van der Waals surface area contributed by atoms with Crippen LogP contribution >= 0.6 is 0 Å². The zero-order chi connectivity index (χ0) is 24.4. The van der Waals surface area contributed by atoms with Gasteiger partial charge in [0, 0.05) is 6.42 Å². The normalized spacial score (nSPS) is 47.5. The topological polar surface area (TPSA) is 54.4 Å². The Kier molecular flexibility index (Phi) is 6.17. The van der Waals surface area contributed by atoms with Gasteiger partial charge < -0.3 is 9.90 Å². The first-order valence-electron chi connectivity index (χ1n) is 13.4. The maximum Gasteiger partial charge on any atom is 0.155 e. The molecule has 3 heteroatoms. The summed E-state index contributed by atoms with van der Waals surface area (Å²) in [5, 5.41) is 10.8. The van der Waals surface area contributed by atoms with Gasteiger partial charge in [-0.3, -0.25) is 4.79 Å². The molecule has 4 aliphatic carbocycles. The van der Waals surface area contributed by atoms with E-state index in [0.717, 1.165) is 31.1 Å². The molecular weight excluding hydrogens is 408 g/mol. The molecular formula is C30H46O3. The van der Waals surface area contributed by atoms with Gasteiger partial charge in [-0.25, -0.2) is 0 Å². The molecule has 0 bridgehead atoms. The highest BCUT2D eigenvalue weighted by molar-refractivity contribution is 5.90. The fourth-order valence-electron chi connectivity index (χ4n) is 9.40. The SMILES string of the molecule is CC(C)=CC(=O)C[C@H](C)[C@@H]1CC[C@]2(C)C3=CC[C@H]4[C@@](C)(C=O)[C@H](O)CC[C@]4(C)[C@H]3CC[C@@]12C. The van der Waals surface area contributed by atoms with Crippen LogP contribution in [0, 0.1) is 45.3 Å². The van der Waals surface area contributed by atoms with Crippen molar-refractivity contribution in [2.45, 2.75) is 106 Å². The number of carbonyl (C=O) groups excluding carboxylic acids is 2. The summed E-state index contributed by atoms with van der Waals surface area (Å²) >= 11 is 0. The number of rotatable bonds is 5. The highest BCUT2D eigenvalue weighted by Gasteiger charge is 2.65. The number of ketones is 1. The summed E-state index contributed by atoms with van der Waals surface area (Å²) in [6.45, 7) is 15.7. The molecule has 4 rings (SSSR count). The van der Waals surface area contributed by atoms with Crippen molar-refractivity contribution in [2.75, 3.05) is 0 Å². The third kappa shape index (κ3) is 3.46. The molecule has 3 fully saturated rings. The lowest BCUT2D eigenvalue weighted by molar-refractivity contribution is -0.154. The van der Waals surface area contributed by atoms with E-state index in [1.54, 1.807) is 5.57 Å². The first kappa shape index (κ1) is 24.9. The van der Waals surface area contributed by atoms with Crippen LogP contribution < -0.4 is 0 Å². The number of fused-ring (bicyclic) bond motifs is 5. The number of carbonyl (C=O) groups is 2. The Morgan fingerprint density at radius 3 is 2.45 bits per heavy atom. The molecule has 0 spiro atoms. The summed E-state index contributed by atoms with van der Waals surface area (Å²) in [5.41, 5.74) is 2.54. The summed E-state index contributed by atoms with van der Waals surface area (Å²) in [5.74, 6) is 1.95. The van der Waals surface area contributed by atoms with Crippen LogP contribution in [0.1, 0.15) is 99.8 Å². The van der Waals surface area contributed by atoms with Gasteiger partial charge in [0.2, 0.25) is 0 Å². The van der Waals surface area contributed by atoms with E-state index in [-0.39, 0.29) is 27.9 Å². The number of aliphatic hydroxyl groups is 1. The minimum absolute atomic E-state index is 0.0758. The summed E-state index contributed by atoms with van der Waals surface area (Å²) in [7, 11) is 0. The lowest BCUT2D eigenvalue weighted by Crippen LogP contribution is -2.59. The molecule has 0 aromatic heterocycles. The number of hydrogen-bond donors (Lipinski definition) is 1. The van der Waals surface area contributed by atoms with Crippen LogP contribution in [-0.2, 0) is 9.59 Å². The molecule has 184 valence electrons. The van der Waals surface area contributed by atoms with Crippen molar-refractivity contribution in [3.05, 3.63) is 23.3 Å². The second-order valence-electron chi connectivity index (χ2n) is 13.3. The maximum atomic E-state index is 12.6. The van der Waals surface area contributed by atoms with Crippen LogP contribution in [0.25, 0.3) is 0 Å². The van der Waals surface area contributed by atoms with E-state index >= 15 is 0 Å². The monoisotopic (exact) mass is 454 g/mol. The second kappa shape index (κ2) is 8.18. The molecule has 0 unspecified atom stereocenters. The molecule has 3 saturated carbocycles. The molecule has 0 aromatic carbocycles. The van der Waals surface area contributed by atoms with E-state index in [0.29, 0.717) is 24.2 Å². The smallest absolute Gasteiger partial charge is 0.155 e. The van der Waals surface area contributed by atoms with Gasteiger partial charge in [-0.05, 0) is 105 Å². The molecule has 4 aliphatic rings. The minimum Gasteiger partial charge on any atom is -0.392 e. The van der Waals surface area contributed by atoms with Crippen LogP contribution in [0.15, 0.2) is 23.3 Å². The number of aliphatic hydroxyl groups excluding tert-OH is 1. The van der Waals surface area contributed by atoms with Gasteiger partial charge in [0.25, 0.3) is 0 Å². The zero-order valence-corrected chi connectivity index (χ0v) is 22.0. The lowest BCUT2D eigenvalue weighted by Gasteiger charge is -2.64. The van der Waals surface area contributed by atoms with Gasteiger partial charge in [0.05, 0.1) is 11.5 Å². The Balaban J connectivity index is 1.65. The summed E-state index contributed by atoms with van der Waals surface area (Å²) in [4.78, 5) is 24.8. The van der Waals surface area contributed by atoms with Crippen LogP contribution in [0.2, 0.25) is 0 Å². The molecule has 0 heterocycles. The van der Waals surface area contributed by atoms with Gasteiger partial charge >= 0.3 is 0 Å². The Labute approximate surface area is 201 Å². The Bertz CT molecular complexity index is 881. The average molecular weight is 455 g/mol. The Hall–Kier alpha value is -1.22. The molecule has 3 nitrogen and oxygen atoms in total. The molecule has 0 aliphatic heterocycles. The van der Waals surface area contributed by atoms with Crippen molar-refractivity contribution >= 4 is 12.1 Å². The summed E-state index contributed by atoms with van der Waals surface area (Å²) in [6, 6.07) is 0. The molecule has 0 amide bonds. The van der Waals surface area contributed by atoms with Crippen LogP contribution in [0.4, 0.5) is 0 Å². The van der Waals surface area contributed by atoms with Gasteiger partial charge in [-0.1, -0.05) is 51.8 Å². The summed E-state index contributed by atoms with van der Waals surface area (Å²) in [6.07, 6.45) is 12.9. The van der Waals surface area contributed by atoms with Crippen molar-refractivity contribution in [3.8, 4) is 0 Å². The van der Waals surface area contributed by atoms with Gasteiger partial charge in [0.15, 0.2) is 5.78 Å². The molecule has 1 N–H and O–H groups in total. The molecule has 9 atom stereocenters. The van der Waals surface area contributed by atoms with Gasteiger partial charge in [0.1, 0.15) is 6.29 Å². The standard InChI is InChI=1S/C30H46O3/c1-19(2)16-21(32)17-20(3)22-10-14-30(7)24-8-9-25-27(4,23(24)11-15-29(22,30)6)13-12-26(33)28(25,5)18-31/h8,16,18,20,22-23,25-26,33H,9-15,17H2,1-7H3/t20-,22-,23-,25+,26+,27+,28+,29-,30+/m0/s1. The van der Waals surface area contributed by atoms with Crippen LogP contribution in [-0.4, -0.2) is 23.3 Å². The Morgan fingerprint density at radius 1 is 1.12 bits per heavy atom. The average Bonchev–Trinajstić information content (AvgIpc) is 3.02. The van der Waals surface area contributed by atoms with E-state index in [4.69, 9.17) is 0 Å². The van der Waals surface area contributed by atoms with Crippen molar-refractivity contribution in [1.82, 2.24) is 0 Å². The van der Waals surface area contributed by atoms with Gasteiger partial charge in [-0.2, -0.15) is 0 Å². The largest absolute Gasteiger partial charge is 0.392 e. The van der Waals surface area contributed by atoms with E-state index < -0.39 is 11.5 Å². The van der Waals surface area contributed by atoms with E-state index in [1.807, 2.05) is 26.8 Å². The van der Waals surface area contributed by atoms with Gasteiger partial charge in [-0.15, -0.1) is 0 Å². The van der Waals surface area contributed by atoms with Crippen molar-refractivity contribution < 1.29 is 14.7 Å². The van der Waals surface area contributed by atoms with Crippen LogP contribution in [0.3, 0.4) is 0 Å². The fourth-order valence-corrected chi connectivity index (χ4v) is 9.40. The second-order valence-corrected chi connectivity index (χ2v) is 13.3. The minimum atomic E-state index is -0.644. The molecule has 0 radical (unpaired) electrons. The third-order valence-electron chi connectivity index (χ3n) is 11.5. The van der Waals surface area contributed by atoms with E-state index in [2.05, 4.69) is 33.8 Å². The number of aldehydes is 1. The van der Waals surface area contributed by atoms with Crippen LogP contribution in [0.5, 0.6) is 0 Å². The van der Waals surface area contributed by atoms with Crippen molar-refractivity contribution in [2.24, 2.45) is 45.3 Å². The first-order chi connectivity index (χ1) is 15.3. The molecule has 0 saturated heterocycles. The van der Waals surface area contributed by atoms with E-state index in [1.165, 1.54) is 25.7 Å². The third-order valence-corrected chi connectivity index (χ3v) is 11.5. The highest BCUT2D eigenvalue weighted by atomic mass is 16.3. The van der Waals surface area contributed by atoms with E-state index in [9.17, 15) is 14.7 Å². The van der Waals surface area contributed by atoms with Crippen molar-refractivity contribution in [3.63, 3.8) is 0 Å². The number of allylic oxidation sites excluding steroid dienone is 4. The molecule has 33 heavy (non-hydrogen) atoms. The fraction of sp³-hybridized carbons (Fsp3) is 0.800. The maximum absolute atomic E-state index is 12.6. The predicted molar refractivity (Wildman–Crippen MR) is 134 cm³/mol. The Morgan fingerprint density at radius 2 is 1.82 bits per heavy atom. The molecule has 0 aromatic rings. The highest BCUT2D eigenvalue weighted by Crippen LogP contribution is 2.73. The zero-order valence-electron chi connectivity index (χ0n) is 22.0. The number of hydrogen-bond acceptors (Lipinski definition) is 3. The first-order valence-corrected chi connectivity index (χ1v) is 13.4. The predicted octanol–water partition coefficient (Wildman–Crippen LogP) is 6.69. The lowest BCUT2D eigenvalue weighted by atomic mass is 9.41. The summed E-state index contributed by atoms with van der Waals surface area (Å²) < 4.78 is 0. The van der Waals surface area contributed by atoms with Crippen molar-refractivity contribution in [1.29, 1.82) is 0 Å². The quantitative estimate of drug-likeness (QED) is 0.286.